The molecule has 0 bridgehead atoms. The van der Waals surface area contributed by atoms with E-state index in [4.69, 9.17) is 4.74 Å². The third-order valence-electron chi connectivity index (χ3n) is 18.2. The van der Waals surface area contributed by atoms with E-state index in [0.29, 0.717) is 19.4 Å². The van der Waals surface area contributed by atoms with Gasteiger partial charge in [-0.05, 0) is 57.8 Å². The zero-order valence-corrected chi connectivity index (χ0v) is 57.2. The Morgan fingerprint density at radius 2 is 0.560 bits per heavy atom. The van der Waals surface area contributed by atoms with E-state index in [1.54, 1.807) is 6.08 Å². The number of rotatable bonds is 73. The number of nitrogens with one attached hydrogen (secondary N) is 1. The fourth-order valence-corrected chi connectivity index (χ4v) is 12.3. The minimum atomic E-state index is -0.843. The van der Waals surface area contributed by atoms with Gasteiger partial charge in [-0.15, -0.1) is 0 Å². The number of ether oxygens (including phenoxy) is 1. The van der Waals surface area contributed by atoms with Gasteiger partial charge in [0.2, 0.25) is 5.91 Å². The van der Waals surface area contributed by atoms with Crippen molar-refractivity contribution in [1.82, 2.24) is 5.32 Å². The smallest absolute Gasteiger partial charge is 0.305 e. The summed E-state index contributed by atoms with van der Waals surface area (Å²) >= 11 is 0. The van der Waals surface area contributed by atoms with Gasteiger partial charge in [-0.25, -0.2) is 0 Å². The minimum absolute atomic E-state index is 0.0128. The summed E-state index contributed by atoms with van der Waals surface area (Å²) in [5.41, 5.74) is 0. The highest BCUT2D eigenvalue weighted by molar-refractivity contribution is 5.76. The number of unbranched alkanes of at least 4 members (excludes halogenated alkanes) is 60. The molecule has 2 atom stereocenters. The average molecular weight is 1180 g/mol. The number of amides is 1. The summed E-state index contributed by atoms with van der Waals surface area (Å²) < 4.78 is 5.50. The summed E-state index contributed by atoms with van der Waals surface area (Å²) in [5, 5.41) is 23.3. The third-order valence-corrected chi connectivity index (χ3v) is 18.2. The van der Waals surface area contributed by atoms with Crippen LogP contribution in [0.3, 0.4) is 0 Å². The first-order valence-electron chi connectivity index (χ1n) is 38.6. The number of hydrogen-bond donors (Lipinski definition) is 3. The molecule has 0 aliphatic rings. The standard InChI is InChI=1S/C78H151NO5/c1-3-5-7-9-11-13-15-17-19-20-21-22-33-36-39-43-46-50-54-58-62-66-70-76(81)75(74-80)79-77(82)71-67-63-59-55-51-47-44-40-37-34-31-29-27-25-23-24-26-28-30-32-35-38-41-45-49-53-57-61-65-69-73-84-78(83)72-68-64-60-56-52-48-42-18-16-14-12-10-8-6-4-2/h18,42,66,70,75-76,80-81H,3-17,19-41,43-65,67-69,71-74H2,1-2H3,(H,79,82)/b42-18-,70-66+. The molecular formula is C78H151NO5. The average Bonchev–Trinajstić information content (AvgIpc) is 3.51. The van der Waals surface area contributed by atoms with Crippen molar-refractivity contribution in [2.45, 2.75) is 450 Å². The van der Waals surface area contributed by atoms with Crippen molar-refractivity contribution in [2.24, 2.45) is 0 Å². The second-order valence-electron chi connectivity index (χ2n) is 26.7. The van der Waals surface area contributed by atoms with Crippen LogP contribution in [0.25, 0.3) is 0 Å². The van der Waals surface area contributed by atoms with Crippen LogP contribution in [0.2, 0.25) is 0 Å². The van der Waals surface area contributed by atoms with Crippen LogP contribution < -0.4 is 5.32 Å². The number of carbonyl (C=O) groups excluding carboxylic acids is 2. The number of carbonyl (C=O) groups is 2. The molecule has 0 fully saturated rings. The van der Waals surface area contributed by atoms with Crippen molar-refractivity contribution in [3.63, 3.8) is 0 Å². The van der Waals surface area contributed by atoms with Crippen molar-refractivity contribution in [1.29, 1.82) is 0 Å². The number of aliphatic hydroxyl groups excluding tert-OH is 2. The molecule has 0 aliphatic carbocycles. The molecule has 1 amide bonds. The monoisotopic (exact) mass is 1180 g/mol. The summed E-state index contributed by atoms with van der Waals surface area (Å²) in [4.78, 5) is 24.6. The molecule has 0 saturated carbocycles. The summed E-state index contributed by atoms with van der Waals surface area (Å²) in [6.07, 6.45) is 94.3. The van der Waals surface area contributed by atoms with Crippen molar-refractivity contribution < 1.29 is 24.5 Å². The normalized spacial score (nSPS) is 12.6. The van der Waals surface area contributed by atoms with Crippen LogP contribution in [0.15, 0.2) is 24.3 Å². The van der Waals surface area contributed by atoms with E-state index in [2.05, 4.69) is 31.3 Å². The lowest BCUT2D eigenvalue weighted by atomic mass is 10.0. The van der Waals surface area contributed by atoms with Gasteiger partial charge in [0.1, 0.15) is 0 Å². The van der Waals surface area contributed by atoms with Crippen molar-refractivity contribution in [2.75, 3.05) is 13.2 Å². The van der Waals surface area contributed by atoms with Crippen LogP contribution in [-0.2, 0) is 14.3 Å². The van der Waals surface area contributed by atoms with Crippen molar-refractivity contribution >= 4 is 11.9 Å². The van der Waals surface area contributed by atoms with E-state index in [1.807, 2.05) is 6.08 Å². The van der Waals surface area contributed by atoms with Gasteiger partial charge in [0.05, 0.1) is 25.4 Å². The van der Waals surface area contributed by atoms with Gasteiger partial charge >= 0.3 is 5.97 Å². The predicted octanol–water partition coefficient (Wildman–Crippen LogP) is 25.3. The lowest BCUT2D eigenvalue weighted by molar-refractivity contribution is -0.143. The SMILES string of the molecule is CCCCCCCC/C=C\CCCCCCCC(=O)OCCCCCCCCCCCCCCCCCCCCCCCCCCCCCCCCC(=O)NC(CO)C(O)/C=C/CCCCCCCCCCCCCCCCCCCCCC. The maximum Gasteiger partial charge on any atom is 0.305 e. The first-order valence-corrected chi connectivity index (χ1v) is 38.6. The summed E-state index contributed by atoms with van der Waals surface area (Å²) in [6, 6.07) is -0.626. The first-order chi connectivity index (χ1) is 41.5. The molecule has 0 aromatic carbocycles. The molecule has 0 radical (unpaired) electrons. The number of aliphatic hydroxyl groups is 2. The summed E-state index contributed by atoms with van der Waals surface area (Å²) in [6.45, 7) is 4.95. The van der Waals surface area contributed by atoms with Crippen LogP contribution in [-0.4, -0.2) is 47.4 Å². The van der Waals surface area contributed by atoms with Gasteiger partial charge in [0, 0.05) is 12.8 Å². The molecule has 0 spiro atoms. The Bertz CT molecular complexity index is 1320. The Kier molecular flexibility index (Phi) is 72.3. The first kappa shape index (κ1) is 82.3. The molecule has 84 heavy (non-hydrogen) atoms. The zero-order chi connectivity index (χ0) is 60.6. The van der Waals surface area contributed by atoms with Gasteiger partial charge in [-0.2, -0.15) is 0 Å². The predicted molar refractivity (Wildman–Crippen MR) is 370 cm³/mol. The van der Waals surface area contributed by atoms with Crippen LogP contribution >= 0.6 is 0 Å². The van der Waals surface area contributed by atoms with Crippen LogP contribution in [0.1, 0.15) is 438 Å². The maximum absolute atomic E-state index is 12.5. The van der Waals surface area contributed by atoms with Gasteiger partial charge in [-0.1, -0.05) is 391 Å². The number of allylic oxidation sites excluding steroid dienone is 3. The zero-order valence-electron chi connectivity index (χ0n) is 57.2. The molecule has 0 aliphatic heterocycles. The van der Waals surface area contributed by atoms with Gasteiger partial charge in [0.15, 0.2) is 0 Å². The molecule has 0 saturated heterocycles. The molecule has 6 nitrogen and oxygen atoms in total. The highest BCUT2D eigenvalue weighted by atomic mass is 16.5. The highest BCUT2D eigenvalue weighted by Gasteiger charge is 2.18. The lowest BCUT2D eigenvalue weighted by Crippen LogP contribution is -2.45. The van der Waals surface area contributed by atoms with E-state index < -0.39 is 12.1 Å². The largest absolute Gasteiger partial charge is 0.466 e. The van der Waals surface area contributed by atoms with Crippen LogP contribution in [0, 0.1) is 0 Å². The van der Waals surface area contributed by atoms with Gasteiger partial charge < -0.3 is 20.3 Å². The quantitative estimate of drug-likeness (QED) is 0.0320. The Hall–Kier alpha value is -1.66. The van der Waals surface area contributed by atoms with Crippen LogP contribution in [0.5, 0.6) is 0 Å². The van der Waals surface area contributed by atoms with E-state index in [0.717, 1.165) is 44.9 Å². The van der Waals surface area contributed by atoms with E-state index in [9.17, 15) is 19.8 Å². The summed E-state index contributed by atoms with van der Waals surface area (Å²) in [5.74, 6) is -0.0465. The van der Waals surface area contributed by atoms with Crippen molar-refractivity contribution in [3.05, 3.63) is 24.3 Å². The summed E-state index contributed by atoms with van der Waals surface area (Å²) in [7, 11) is 0. The fourth-order valence-electron chi connectivity index (χ4n) is 12.3. The Morgan fingerprint density at radius 1 is 0.321 bits per heavy atom. The van der Waals surface area contributed by atoms with Gasteiger partial charge in [-0.3, -0.25) is 9.59 Å². The maximum atomic E-state index is 12.5. The van der Waals surface area contributed by atoms with Crippen LogP contribution in [0.4, 0.5) is 0 Å². The number of hydrogen-bond acceptors (Lipinski definition) is 5. The fraction of sp³-hybridized carbons (Fsp3) is 0.923. The Balaban J connectivity index is 3.36. The molecule has 0 rings (SSSR count). The van der Waals surface area contributed by atoms with E-state index >= 15 is 0 Å². The lowest BCUT2D eigenvalue weighted by Gasteiger charge is -2.20. The molecule has 3 N–H and O–H groups in total. The molecule has 0 heterocycles. The number of esters is 1. The molecule has 498 valence electrons. The van der Waals surface area contributed by atoms with Crippen molar-refractivity contribution in [3.8, 4) is 0 Å². The van der Waals surface area contributed by atoms with E-state index in [-0.39, 0.29) is 18.5 Å². The second kappa shape index (κ2) is 73.8. The Morgan fingerprint density at radius 3 is 0.845 bits per heavy atom. The Labute approximate surface area is 526 Å². The van der Waals surface area contributed by atoms with Gasteiger partial charge in [0.25, 0.3) is 0 Å². The highest BCUT2D eigenvalue weighted by Crippen LogP contribution is 2.20. The topological polar surface area (TPSA) is 95.9 Å². The second-order valence-corrected chi connectivity index (χ2v) is 26.7. The molecule has 0 aromatic rings. The molecule has 6 heteroatoms. The van der Waals surface area contributed by atoms with E-state index in [1.165, 1.54) is 366 Å². The molecular weight excluding hydrogens is 1030 g/mol. The minimum Gasteiger partial charge on any atom is -0.466 e. The molecule has 2 unspecified atom stereocenters. The molecule has 0 aromatic heterocycles. The third kappa shape index (κ3) is 69.4.